The Balaban J connectivity index is 1.68. The van der Waals surface area contributed by atoms with Crippen LogP contribution in [0.25, 0.3) is 0 Å². The van der Waals surface area contributed by atoms with Crippen molar-refractivity contribution in [1.29, 1.82) is 0 Å². The first kappa shape index (κ1) is 15.1. The molecule has 4 nitrogen and oxygen atoms in total. The maximum atomic E-state index is 12.6. The smallest absolute Gasteiger partial charge is 0.291 e. The van der Waals surface area contributed by atoms with E-state index >= 15 is 0 Å². The number of nitrogens with zero attached hydrogens (tertiary/aromatic N) is 4. The molecule has 0 unspecified atom stereocenters. The zero-order valence-corrected chi connectivity index (χ0v) is 13.4. The molecule has 1 aromatic carbocycles. The lowest BCUT2D eigenvalue weighted by molar-refractivity contribution is 0.150. The molecular formula is C15H18F2N4S. The van der Waals surface area contributed by atoms with Gasteiger partial charge in [0, 0.05) is 31.9 Å². The molecule has 2 heterocycles. The highest BCUT2D eigenvalue weighted by molar-refractivity contribution is 7.15. The molecule has 0 bridgehead atoms. The van der Waals surface area contributed by atoms with E-state index in [1.807, 2.05) is 4.90 Å². The SMILES string of the molecule is Cc1cccc(N2CCN(c3nnc(C(F)F)s3)CC2)c1C. The third-order valence-corrected chi connectivity index (χ3v) is 5.07. The first-order valence-electron chi connectivity index (χ1n) is 7.24. The van der Waals surface area contributed by atoms with E-state index in [1.165, 1.54) is 16.8 Å². The Kier molecular flexibility index (Phi) is 4.24. The second-order valence-corrected chi connectivity index (χ2v) is 6.40. The van der Waals surface area contributed by atoms with E-state index in [4.69, 9.17) is 0 Å². The van der Waals surface area contributed by atoms with Gasteiger partial charge in [-0.3, -0.25) is 0 Å². The summed E-state index contributed by atoms with van der Waals surface area (Å²) >= 11 is 0.985. The van der Waals surface area contributed by atoms with Gasteiger partial charge in [0.05, 0.1) is 0 Å². The standard InChI is InChI=1S/C15H18F2N4S/c1-10-4-3-5-12(11(10)2)20-6-8-21(9-7-20)15-19-18-14(22-15)13(16)17/h3-5,13H,6-9H2,1-2H3. The van der Waals surface area contributed by atoms with Crippen molar-refractivity contribution in [3.8, 4) is 0 Å². The summed E-state index contributed by atoms with van der Waals surface area (Å²) in [7, 11) is 0. The minimum absolute atomic E-state index is 0.202. The molecular weight excluding hydrogens is 306 g/mol. The molecule has 22 heavy (non-hydrogen) atoms. The van der Waals surface area contributed by atoms with Crippen LogP contribution in [0.3, 0.4) is 0 Å². The number of alkyl halides is 2. The molecule has 1 fully saturated rings. The van der Waals surface area contributed by atoms with Crippen molar-refractivity contribution in [2.24, 2.45) is 0 Å². The number of anilines is 2. The Hall–Kier alpha value is -1.76. The van der Waals surface area contributed by atoms with Crippen molar-refractivity contribution in [2.75, 3.05) is 36.0 Å². The lowest BCUT2D eigenvalue weighted by Gasteiger charge is -2.36. The molecule has 2 aromatic rings. The molecule has 0 atom stereocenters. The largest absolute Gasteiger partial charge is 0.368 e. The normalized spacial score (nSPS) is 15.7. The summed E-state index contributed by atoms with van der Waals surface area (Å²) in [4.78, 5) is 4.37. The zero-order chi connectivity index (χ0) is 15.7. The topological polar surface area (TPSA) is 32.3 Å². The Morgan fingerprint density at radius 1 is 1.05 bits per heavy atom. The van der Waals surface area contributed by atoms with Crippen LogP contribution in [0, 0.1) is 13.8 Å². The molecule has 118 valence electrons. The van der Waals surface area contributed by atoms with Gasteiger partial charge in [0.2, 0.25) is 5.13 Å². The fraction of sp³-hybridized carbons (Fsp3) is 0.467. The summed E-state index contributed by atoms with van der Waals surface area (Å²) in [5, 5.41) is 7.84. The zero-order valence-electron chi connectivity index (χ0n) is 12.6. The van der Waals surface area contributed by atoms with Crippen molar-refractivity contribution in [2.45, 2.75) is 20.3 Å². The van der Waals surface area contributed by atoms with E-state index in [2.05, 4.69) is 47.1 Å². The van der Waals surface area contributed by atoms with Gasteiger partial charge in [-0.05, 0) is 31.0 Å². The molecule has 1 aromatic heterocycles. The van der Waals surface area contributed by atoms with Gasteiger partial charge >= 0.3 is 0 Å². The van der Waals surface area contributed by atoms with Crippen molar-refractivity contribution in [3.05, 3.63) is 34.3 Å². The predicted octanol–water partition coefficient (Wildman–Crippen LogP) is 3.42. The van der Waals surface area contributed by atoms with Gasteiger partial charge in [-0.25, -0.2) is 8.78 Å². The predicted molar refractivity (Wildman–Crippen MR) is 85.2 cm³/mol. The molecule has 1 aliphatic heterocycles. The van der Waals surface area contributed by atoms with Gasteiger partial charge in [0.25, 0.3) is 6.43 Å². The average molecular weight is 324 g/mol. The van der Waals surface area contributed by atoms with Crippen molar-refractivity contribution >= 4 is 22.2 Å². The van der Waals surface area contributed by atoms with Crippen LogP contribution in [0.1, 0.15) is 22.6 Å². The summed E-state index contributed by atoms with van der Waals surface area (Å²) in [6.07, 6.45) is -2.54. The lowest BCUT2D eigenvalue weighted by atomic mass is 10.1. The second-order valence-electron chi connectivity index (χ2n) is 5.42. The number of aryl methyl sites for hydroxylation is 1. The average Bonchev–Trinajstić information content (AvgIpc) is 3.00. The van der Waals surface area contributed by atoms with Crippen LogP contribution in [-0.4, -0.2) is 36.4 Å². The summed E-state index contributed by atoms with van der Waals surface area (Å²) in [6.45, 7) is 7.50. The van der Waals surface area contributed by atoms with Crippen LogP contribution in [-0.2, 0) is 0 Å². The summed E-state index contributed by atoms with van der Waals surface area (Å²) in [5.41, 5.74) is 3.84. The van der Waals surface area contributed by atoms with Crippen LogP contribution < -0.4 is 9.80 Å². The first-order chi connectivity index (χ1) is 10.6. The van der Waals surface area contributed by atoms with Crippen LogP contribution in [0.5, 0.6) is 0 Å². The summed E-state index contributed by atoms with van der Waals surface area (Å²) in [6, 6.07) is 6.32. The van der Waals surface area contributed by atoms with E-state index in [9.17, 15) is 8.78 Å². The van der Waals surface area contributed by atoms with Crippen LogP contribution >= 0.6 is 11.3 Å². The number of hydrogen-bond donors (Lipinski definition) is 0. The molecule has 1 saturated heterocycles. The number of aromatic nitrogens is 2. The molecule has 1 aliphatic rings. The van der Waals surface area contributed by atoms with Gasteiger partial charge < -0.3 is 9.80 Å². The fourth-order valence-corrected chi connectivity index (χ4v) is 3.41. The highest BCUT2D eigenvalue weighted by Crippen LogP contribution is 2.29. The minimum atomic E-state index is -2.54. The van der Waals surface area contributed by atoms with Crippen molar-refractivity contribution in [1.82, 2.24) is 10.2 Å². The molecule has 0 saturated carbocycles. The third kappa shape index (κ3) is 2.90. The quantitative estimate of drug-likeness (QED) is 0.866. The highest BCUT2D eigenvalue weighted by Gasteiger charge is 2.23. The van der Waals surface area contributed by atoms with Crippen molar-refractivity contribution < 1.29 is 8.78 Å². The maximum absolute atomic E-state index is 12.6. The number of benzene rings is 1. The number of hydrogen-bond acceptors (Lipinski definition) is 5. The number of rotatable bonds is 3. The molecule has 0 N–H and O–H groups in total. The van der Waals surface area contributed by atoms with E-state index < -0.39 is 6.43 Å². The molecule has 0 radical (unpaired) electrons. The second kappa shape index (κ2) is 6.16. The Morgan fingerprint density at radius 2 is 1.73 bits per heavy atom. The van der Waals surface area contributed by atoms with Crippen molar-refractivity contribution in [3.63, 3.8) is 0 Å². The molecule has 0 amide bonds. The van der Waals surface area contributed by atoms with Gasteiger partial charge in [-0.15, -0.1) is 10.2 Å². The summed E-state index contributed by atoms with van der Waals surface area (Å²) in [5.74, 6) is 0. The Labute approximate surface area is 132 Å². The van der Waals surface area contributed by atoms with Gasteiger partial charge in [0.15, 0.2) is 5.01 Å². The van der Waals surface area contributed by atoms with Gasteiger partial charge in [0.1, 0.15) is 0 Å². The van der Waals surface area contributed by atoms with E-state index in [0.29, 0.717) is 5.13 Å². The minimum Gasteiger partial charge on any atom is -0.368 e. The number of piperazine rings is 1. The number of halogens is 2. The Bertz CT molecular complexity index is 651. The molecule has 3 rings (SSSR count). The van der Waals surface area contributed by atoms with E-state index in [1.54, 1.807) is 0 Å². The first-order valence-corrected chi connectivity index (χ1v) is 8.05. The van der Waals surface area contributed by atoms with Gasteiger partial charge in [-0.1, -0.05) is 23.5 Å². The van der Waals surface area contributed by atoms with Crippen LogP contribution in [0.2, 0.25) is 0 Å². The maximum Gasteiger partial charge on any atom is 0.291 e. The van der Waals surface area contributed by atoms with Gasteiger partial charge in [-0.2, -0.15) is 0 Å². The van der Waals surface area contributed by atoms with E-state index in [-0.39, 0.29) is 5.01 Å². The molecule has 0 aliphatic carbocycles. The monoisotopic (exact) mass is 324 g/mol. The molecule has 7 heteroatoms. The summed E-state index contributed by atoms with van der Waals surface area (Å²) < 4.78 is 25.2. The lowest BCUT2D eigenvalue weighted by Crippen LogP contribution is -2.46. The third-order valence-electron chi connectivity index (χ3n) is 4.08. The van der Waals surface area contributed by atoms with Crippen LogP contribution in [0.15, 0.2) is 18.2 Å². The Morgan fingerprint density at radius 3 is 2.36 bits per heavy atom. The molecule has 0 spiro atoms. The van der Waals surface area contributed by atoms with Crippen LogP contribution in [0.4, 0.5) is 19.6 Å². The highest BCUT2D eigenvalue weighted by atomic mass is 32.1. The fourth-order valence-electron chi connectivity index (χ4n) is 2.66. The van der Waals surface area contributed by atoms with E-state index in [0.717, 1.165) is 37.5 Å².